The van der Waals surface area contributed by atoms with Crippen molar-refractivity contribution in [3.05, 3.63) is 35.9 Å². The molecule has 1 aromatic rings. The zero-order chi connectivity index (χ0) is 26.3. The van der Waals surface area contributed by atoms with Gasteiger partial charge in [0.05, 0.1) is 32.4 Å². The highest BCUT2D eigenvalue weighted by Crippen LogP contribution is 2.32. The van der Waals surface area contributed by atoms with Crippen molar-refractivity contribution in [2.75, 3.05) is 77.7 Å². The van der Waals surface area contributed by atoms with E-state index in [4.69, 9.17) is 14.2 Å². The van der Waals surface area contributed by atoms with Gasteiger partial charge in [0.1, 0.15) is 12.4 Å². The van der Waals surface area contributed by atoms with E-state index in [0.29, 0.717) is 65.0 Å². The number of hydrogen-bond acceptors (Lipinski definition) is 7. The molecule has 0 spiro atoms. The average Bonchev–Trinajstić information content (AvgIpc) is 3.41. The summed E-state index contributed by atoms with van der Waals surface area (Å²) < 4.78 is 17.1. The number of ether oxygens (including phenoxy) is 3. The molecular formula is C29H42N4O5. The third kappa shape index (κ3) is 6.50. The Balaban J connectivity index is 1.28. The predicted octanol–water partition coefficient (Wildman–Crippen LogP) is 2.05. The maximum Gasteiger partial charge on any atom is 0.236 e. The molecular weight excluding hydrogens is 484 g/mol. The monoisotopic (exact) mass is 526 g/mol. The standard InChI is InChI=1S/C29H42N4O5/c1-36-21-26-5-2-9-33(26)25-6-7-27-24(16-25)18-30-19-29(35)32-10-8-22(23(20-32)4-3-13-38-27)17-28(34)31-11-14-37-15-12-31/h3-4,6-7,16,22-23,26,30H,2,5,8-15,17-21H2,1H3/b4-3+/t22-,23-,26-/m0/s1. The second-order valence-corrected chi connectivity index (χ2v) is 10.8. The van der Waals surface area contributed by atoms with Gasteiger partial charge in [-0.05, 0) is 49.3 Å². The largest absolute Gasteiger partial charge is 0.489 e. The van der Waals surface area contributed by atoms with Gasteiger partial charge in [-0.2, -0.15) is 0 Å². The minimum atomic E-state index is 0.110. The molecule has 0 aliphatic carbocycles. The first-order valence-electron chi connectivity index (χ1n) is 14.1. The Morgan fingerprint density at radius 1 is 1.13 bits per heavy atom. The molecule has 3 saturated heterocycles. The van der Waals surface area contributed by atoms with E-state index < -0.39 is 0 Å². The van der Waals surface area contributed by atoms with Crippen LogP contribution in [0.5, 0.6) is 5.75 Å². The fourth-order valence-electron chi connectivity index (χ4n) is 6.24. The lowest BCUT2D eigenvalue weighted by molar-refractivity contribution is -0.137. The Kier molecular flexibility index (Phi) is 9.19. The maximum absolute atomic E-state index is 13.1. The zero-order valence-corrected chi connectivity index (χ0v) is 22.6. The van der Waals surface area contributed by atoms with Gasteiger partial charge in [0, 0.05) is 64.0 Å². The highest BCUT2D eigenvalue weighted by molar-refractivity contribution is 5.79. The molecule has 2 amide bonds. The lowest BCUT2D eigenvalue weighted by Gasteiger charge is -2.38. The van der Waals surface area contributed by atoms with E-state index in [1.807, 2.05) is 9.80 Å². The van der Waals surface area contributed by atoms with E-state index in [-0.39, 0.29) is 30.2 Å². The molecule has 0 unspecified atom stereocenters. The first kappa shape index (κ1) is 27.0. The van der Waals surface area contributed by atoms with Gasteiger partial charge in [-0.15, -0.1) is 0 Å². The Morgan fingerprint density at radius 2 is 2.00 bits per heavy atom. The number of carbonyl (C=O) groups excluding carboxylic acids is 2. The summed E-state index contributed by atoms with van der Waals surface area (Å²) in [4.78, 5) is 32.3. The number of benzene rings is 1. The number of nitrogens with one attached hydrogen (secondary N) is 1. The van der Waals surface area contributed by atoms with Crippen LogP contribution in [-0.4, -0.2) is 100 Å². The second-order valence-electron chi connectivity index (χ2n) is 10.8. The van der Waals surface area contributed by atoms with E-state index in [9.17, 15) is 9.59 Å². The minimum absolute atomic E-state index is 0.110. The van der Waals surface area contributed by atoms with Crippen LogP contribution >= 0.6 is 0 Å². The predicted molar refractivity (Wildman–Crippen MR) is 145 cm³/mol. The van der Waals surface area contributed by atoms with Crippen molar-refractivity contribution >= 4 is 17.5 Å². The lowest BCUT2D eigenvalue weighted by atomic mass is 9.82. The molecule has 0 aromatic heterocycles. The van der Waals surface area contributed by atoms with E-state index in [2.05, 4.69) is 40.6 Å². The fourth-order valence-corrected chi connectivity index (χ4v) is 6.24. The molecule has 1 aromatic carbocycles. The lowest BCUT2D eigenvalue weighted by Crippen LogP contribution is -2.48. The second kappa shape index (κ2) is 13.0. The van der Waals surface area contributed by atoms with Gasteiger partial charge in [-0.3, -0.25) is 9.59 Å². The molecule has 3 fully saturated rings. The topological polar surface area (TPSA) is 83.6 Å². The molecule has 4 aliphatic heterocycles. The summed E-state index contributed by atoms with van der Waals surface area (Å²) in [5.41, 5.74) is 2.23. The van der Waals surface area contributed by atoms with Crippen LogP contribution in [-0.2, 0) is 25.6 Å². The molecule has 2 bridgehead atoms. The van der Waals surface area contributed by atoms with E-state index in [1.54, 1.807) is 7.11 Å². The number of fused-ring (bicyclic) bond motifs is 3. The van der Waals surface area contributed by atoms with Gasteiger partial charge >= 0.3 is 0 Å². The Labute approximate surface area is 226 Å². The van der Waals surface area contributed by atoms with Crippen molar-refractivity contribution in [2.24, 2.45) is 11.8 Å². The van der Waals surface area contributed by atoms with Crippen molar-refractivity contribution in [1.29, 1.82) is 0 Å². The maximum atomic E-state index is 13.1. The third-order valence-electron chi connectivity index (χ3n) is 8.38. The molecule has 1 N–H and O–H groups in total. The van der Waals surface area contributed by atoms with Crippen LogP contribution in [0, 0.1) is 11.8 Å². The number of methoxy groups -OCH3 is 1. The van der Waals surface area contributed by atoms with Gasteiger partial charge in [0.25, 0.3) is 0 Å². The molecule has 0 radical (unpaired) electrons. The Morgan fingerprint density at radius 3 is 2.84 bits per heavy atom. The molecule has 4 heterocycles. The Bertz CT molecular complexity index is 995. The molecule has 3 atom stereocenters. The summed E-state index contributed by atoms with van der Waals surface area (Å²) in [7, 11) is 1.76. The summed E-state index contributed by atoms with van der Waals surface area (Å²) in [5.74, 6) is 1.50. The van der Waals surface area contributed by atoms with Crippen LogP contribution in [0.2, 0.25) is 0 Å². The van der Waals surface area contributed by atoms with E-state index in [0.717, 1.165) is 43.7 Å². The zero-order valence-electron chi connectivity index (χ0n) is 22.6. The van der Waals surface area contributed by atoms with Crippen LogP contribution < -0.4 is 15.0 Å². The summed E-state index contributed by atoms with van der Waals surface area (Å²) in [5, 5.41) is 3.37. The van der Waals surface area contributed by atoms with E-state index in [1.165, 1.54) is 5.69 Å². The molecule has 9 heteroatoms. The van der Waals surface area contributed by atoms with Crippen molar-refractivity contribution in [1.82, 2.24) is 15.1 Å². The van der Waals surface area contributed by atoms with Crippen molar-refractivity contribution < 1.29 is 23.8 Å². The number of carbonyl (C=O) groups is 2. The SMILES string of the molecule is COC[C@@H]1CCCN1c1ccc2c(c1)CNCC(=O)N1CC[C@@H](CC(=O)N3CCOCC3)[C@@H](/C=C/CO2)C1. The highest BCUT2D eigenvalue weighted by atomic mass is 16.5. The molecule has 9 nitrogen and oxygen atoms in total. The smallest absolute Gasteiger partial charge is 0.236 e. The van der Waals surface area contributed by atoms with Gasteiger partial charge in [0.2, 0.25) is 11.8 Å². The first-order valence-corrected chi connectivity index (χ1v) is 14.1. The number of hydrogen-bond donors (Lipinski definition) is 1. The average molecular weight is 527 g/mol. The van der Waals surface area contributed by atoms with Crippen molar-refractivity contribution in [3.8, 4) is 5.75 Å². The number of anilines is 1. The first-order chi connectivity index (χ1) is 18.6. The number of amides is 2. The number of morpholine rings is 1. The van der Waals surface area contributed by atoms with Crippen LogP contribution in [0.25, 0.3) is 0 Å². The summed E-state index contributed by atoms with van der Waals surface area (Å²) >= 11 is 0. The van der Waals surface area contributed by atoms with Gasteiger partial charge in [-0.1, -0.05) is 12.2 Å². The van der Waals surface area contributed by atoms with Crippen molar-refractivity contribution in [3.63, 3.8) is 0 Å². The number of piperidine rings is 1. The van der Waals surface area contributed by atoms with Crippen molar-refractivity contribution in [2.45, 2.75) is 38.3 Å². The summed E-state index contributed by atoms with van der Waals surface area (Å²) in [6.45, 7) is 6.95. The molecule has 5 rings (SSSR count). The molecule has 38 heavy (non-hydrogen) atoms. The third-order valence-corrected chi connectivity index (χ3v) is 8.38. The molecule has 0 saturated carbocycles. The fraction of sp³-hybridized carbons (Fsp3) is 0.655. The molecule has 208 valence electrons. The van der Waals surface area contributed by atoms with Gasteiger partial charge in [0.15, 0.2) is 0 Å². The minimum Gasteiger partial charge on any atom is -0.489 e. The van der Waals surface area contributed by atoms with Crippen LogP contribution in [0.15, 0.2) is 30.4 Å². The van der Waals surface area contributed by atoms with Crippen LogP contribution in [0.4, 0.5) is 5.69 Å². The quantitative estimate of drug-likeness (QED) is 0.588. The van der Waals surface area contributed by atoms with Gasteiger partial charge < -0.3 is 34.2 Å². The normalized spacial score (nSPS) is 27.6. The summed E-state index contributed by atoms with van der Waals surface area (Å²) in [6.07, 6.45) is 7.87. The summed E-state index contributed by atoms with van der Waals surface area (Å²) in [6, 6.07) is 6.76. The molecule has 4 aliphatic rings. The van der Waals surface area contributed by atoms with Gasteiger partial charge in [-0.25, -0.2) is 0 Å². The van der Waals surface area contributed by atoms with Crippen LogP contribution in [0.3, 0.4) is 0 Å². The van der Waals surface area contributed by atoms with Crippen LogP contribution in [0.1, 0.15) is 31.2 Å². The highest BCUT2D eigenvalue weighted by Gasteiger charge is 2.33. The van der Waals surface area contributed by atoms with E-state index >= 15 is 0 Å². The number of nitrogens with zero attached hydrogens (tertiary/aromatic N) is 3. The number of rotatable bonds is 5. The Hall–Kier alpha value is -2.62.